The van der Waals surface area contributed by atoms with Crippen LogP contribution >= 0.6 is 0 Å². The lowest BCUT2D eigenvalue weighted by Crippen LogP contribution is -2.51. The molecule has 158 valence electrons. The molecule has 0 spiro atoms. The van der Waals surface area contributed by atoms with Crippen LogP contribution in [0.15, 0.2) is 0 Å². The molecular formula is C18H35N3O6. The van der Waals surface area contributed by atoms with Gasteiger partial charge in [0.05, 0.1) is 12.6 Å². The van der Waals surface area contributed by atoms with Crippen LogP contribution in [0.3, 0.4) is 0 Å². The van der Waals surface area contributed by atoms with Gasteiger partial charge in [0.15, 0.2) is 0 Å². The van der Waals surface area contributed by atoms with Crippen molar-refractivity contribution < 1.29 is 29.6 Å². The molecule has 5 N–H and O–H groups in total. The van der Waals surface area contributed by atoms with Crippen LogP contribution in [0.1, 0.15) is 39.5 Å². The quantitative estimate of drug-likeness (QED) is 0.470. The minimum atomic E-state index is -1.43. The van der Waals surface area contributed by atoms with Crippen LogP contribution in [0.25, 0.3) is 0 Å². The van der Waals surface area contributed by atoms with Gasteiger partial charge in [0, 0.05) is 39.7 Å². The first-order valence-corrected chi connectivity index (χ1v) is 9.69. The monoisotopic (exact) mass is 389 g/mol. The smallest absolute Gasteiger partial charge is 0.239 e. The van der Waals surface area contributed by atoms with Crippen LogP contribution in [0.5, 0.6) is 0 Å². The maximum Gasteiger partial charge on any atom is 0.239 e. The fourth-order valence-electron chi connectivity index (χ4n) is 3.02. The van der Waals surface area contributed by atoms with E-state index in [0.717, 1.165) is 6.42 Å². The normalized spacial score (nSPS) is 27.7. The third kappa shape index (κ3) is 8.10. The molecule has 1 fully saturated rings. The van der Waals surface area contributed by atoms with Crippen LogP contribution in [-0.4, -0.2) is 101 Å². The molecule has 2 amide bonds. The second-order valence-electron chi connectivity index (χ2n) is 7.09. The SMILES string of the molecule is CCC[C@@H](N)C(=O)N1CCCCOC[C@@H](O)[C@H](O)[C@@H](O)CN(C(C)=O)CC1. The average Bonchev–Trinajstić information content (AvgIpc) is 2.63. The van der Waals surface area contributed by atoms with E-state index < -0.39 is 24.4 Å². The van der Waals surface area contributed by atoms with Gasteiger partial charge in [-0.25, -0.2) is 0 Å². The highest BCUT2D eigenvalue weighted by molar-refractivity contribution is 5.81. The van der Waals surface area contributed by atoms with E-state index in [-0.39, 0.29) is 31.5 Å². The molecule has 0 aliphatic carbocycles. The number of amides is 2. The first-order chi connectivity index (χ1) is 12.8. The summed E-state index contributed by atoms with van der Waals surface area (Å²) < 4.78 is 5.34. The van der Waals surface area contributed by atoms with Gasteiger partial charge in [-0.15, -0.1) is 0 Å². The Labute approximate surface area is 161 Å². The highest BCUT2D eigenvalue weighted by atomic mass is 16.5. The summed E-state index contributed by atoms with van der Waals surface area (Å²) >= 11 is 0. The van der Waals surface area contributed by atoms with Gasteiger partial charge in [0.25, 0.3) is 0 Å². The van der Waals surface area contributed by atoms with E-state index in [4.69, 9.17) is 10.5 Å². The second-order valence-corrected chi connectivity index (χ2v) is 7.09. The summed E-state index contributed by atoms with van der Waals surface area (Å²) in [6.07, 6.45) is -1.20. The Bertz CT molecular complexity index is 464. The lowest BCUT2D eigenvalue weighted by Gasteiger charge is -2.32. The second kappa shape index (κ2) is 12.2. The highest BCUT2D eigenvalue weighted by Crippen LogP contribution is 2.08. The van der Waals surface area contributed by atoms with Crippen LogP contribution in [-0.2, 0) is 14.3 Å². The number of nitrogens with two attached hydrogens (primary N) is 1. The molecule has 0 aromatic rings. The average molecular weight is 389 g/mol. The van der Waals surface area contributed by atoms with Gasteiger partial charge in [-0.3, -0.25) is 9.59 Å². The minimum absolute atomic E-state index is 0.109. The molecular weight excluding hydrogens is 354 g/mol. The Morgan fingerprint density at radius 1 is 1.11 bits per heavy atom. The number of aliphatic hydroxyl groups is 3. The Morgan fingerprint density at radius 2 is 1.78 bits per heavy atom. The third-order valence-electron chi connectivity index (χ3n) is 4.76. The summed E-state index contributed by atoms with van der Waals surface area (Å²) in [5, 5.41) is 30.1. The van der Waals surface area contributed by atoms with Crippen molar-refractivity contribution in [1.82, 2.24) is 9.80 Å². The van der Waals surface area contributed by atoms with E-state index in [1.807, 2.05) is 6.92 Å². The van der Waals surface area contributed by atoms with E-state index in [0.29, 0.717) is 39.0 Å². The van der Waals surface area contributed by atoms with Crippen LogP contribution in [0.4, 0.5) is 0 Å². The molecule has 0 aromatic heterocycles. The predicted molar refractivity (Wildman–Crippen MR) is 99.8 cm³/mol. The Kier molecular flexibility index (Phi) is 10.8. The van der Waals surface area contributed by atoms with Gasteiger partial charge in [-0.2, -0.15) is 0 Å². The molecule has 1 saturated heterocycles. The maximum atomic E-state index is 12.6. The number of carbonyl (C=O) groups excluding carboxylic acids is 2. The standard InChI is InChI=1S/C18H35N3O6/c1-3-6-14(19)18(26)20-7-4-5-10-27-12-16(24)17(25)15(23)11-21(9-8-20)13(2)22/h14-17,23-25H,3-12,19H2,1-2H3/t14-,15+,16-,17-/m1/s1. The number of carbonyl (C=O) groups is 2. The number of β-amino-alcohol motifs (C(OH)–C–C–N with tert-alkyl or cyclic N) is 1. The zero-order valence-corrected chi connectivity index (χ0v) is 16.4. The number of nitrogens with zero attached hydrogens (tertiary/aromatic N) is 2. The largest absolute Gasteiger partial charge is 0.388 e. The molecule has 0 saturated carbocycles. The summed E-state index contributed by atoms with van der Waals surface area (Å²) in [4.78, 5) is 27.5. The summed E-state index contributed by atoms with van der Waals surface area (Å²) in [7, 11) is 0. The summed E-state index contributed by atoms with van der Waals surface area (Å²) in [5.74, 6) is -0.436. The third-order valence-corrected chi connectivity index (χ3v) is 4.76. The van der Waals surface area contributed by atoms with Crippen molar-refractivity contribution >= 4 is 11.8 Å². The first kappa shape index (κ1) is 23.8. The van der Waals surface area contributed by atoms with Crippen molar-refractivity contribution in [3.63, 3.8) is 0 Å². The van der Waals surface area contributed by atoms with E-state index in [9.17, 15) is 24.9 Å². The molecule has 4 atom stereocenters. The Hall–Kier alpha value is -1.26. The summed E-state index contributed by atoms with van der Waals surface area (Å²) in [6, 6.07) is -0.571. The molecule has 1 heterocycles. The van der Waals surface area contributed by atoms with Gasteiger partial charge >= 0.3 is 0 Å². The van der Waals surface area contributed by atoms with Crippen molar-refractivity contribution in [2.45, 2.75) is 63.9 Å². The van der Waals surface area contributed by atoms with E-state index in [2.05, 4.69) is 0 Å². The Balaban J connectivity index is 2.86. The number of hydrogen-bond donors (Lipinski definition) is 4. The van der Waals surface area contributed by atoms with Crippen LogP contribution in [0.2, 0.25) is 0 Å². The van der Waals surface area contributed by atoms with Crippen molar-refractivity contribution in [3.05, 3.63) is 0 Å². The molecule has 27 heavy (non-hydrogen) atoms. The predicted octanol–water partition coefficient (Wildman–Crippen LogP) is -1.32. The van der Waals surface area contributed by atoms with Crippen molar-refractivity contribution in [2.75, 3.05) is 39.4 Å². The van der Waals surface area contributed by atoms with Gasteiger partial charge in [0.1, 0.15) is 18.3 Å². The van der Waals surface area contributed by atoms with E-state index >= 15 is 0 Å². The van der Waals surface area contributed by atoms with Crippen molar-refractivity contribution in [3.8, 4) is 0 Å². The van der Waals surface area contributed by atoms with Gasteiger partial charge in [-0.05, 0) is 19.3 Å². The molecule has 0 radical (unpaired) electrons. The number of aliphatic hydroxyl groups excluding tert-OH is 3. The molecule has 9 heteroatoms. The topological polar surface area (TPSA) is 137 Å². The molecule has 0 unspecified atom stereocenters. The maximum absolute atomic E-state index is 12.6. The lowest BCUT2D eigenvalue weighted by molar-refractivity contribution is -0.138. The number of ether oxygens (including phenoxy) is 1. The van der Waals surface area contributed by atoms with E-state index in [1.165, 1.54) is 11.8 Å². The van der Waals surface area contributed by atoms with Crippen LogP contribution < -0.4 is 5.73 Å². The highest BCUT2D eigenvalue weighted by Gasteiger charge is 2.28. The van der Waals surface area contributed by atoms with Gasteiger partial charge in [-0.1, -0.05) is 13.3 Å². The van der Waals surface area contributed by atoms with Gasteiger partial charge in [0.2, 0.25) is 11.8 Å². The molecule has 0 bridgehead atoms. The number of hydrogen-bond acceptors (Lipinski definition) is 7. The van der Waals surface area contributed by atoms with Crippen molar-refractivity contribution in [2.24, 2.45) is 5.73 Å². The summed E-state index contributed by atoms with van der Waals surface area (Å²) in [5.41, 5.74) is 5.97. The van der Waals surface area contributed by atoms with E-state index in [1.54, 1.807) is 4.90 Å². The molecule has 1 aliphatic heterocycles. The Morgan fingerprint density at radius 3 is 2.41 bits per heavy atom. The minimum Gasteiger partial charge on any atom is -0.388 e. The van der Waals surface area contributed by atoms with Gasteiger partial charge < -0.3 is 35.6 Å². The molecule has 1 aliphatic rings. The fourth-order valence-corrected chi connectivity index (χ4v) is 3.02. The van der Waals surface area contributed by atoms with Crippen LogP contribution in [0, 0.1) is 0 Å². The zero-order valence-electron chi connectivity index (χ0n) is 16.4. The van der Waals surface area contributed by atoms with Crippen molar-refractivity contribution in [1.29, 1.82) is 0 Å². The fraction of sp³-hybridized carbons (Fsp3) is 0.889. The first-order valence-electron chi connectivity index (χ1n) is 9.69. The number of rotatable bonds is 3. The lowest BCUT2D eigenvalue weighted by atomic mass is 10.1. The molecule has 9 nitrogen and oxygen atoms in total. The molecule has 0 aromatic carbocycles. The summed E-state index contributed by atoms with van der Waals surface area (Å²) in [6.45, 7) is 4.46. The molecule has 1 rings (SSSR count). The zero-order chi connectivity index (χ0) is 20.4.